The maximum atomic E-state index is 12.9. The maximum absolute atomic E-state index is 12.9. The van der Waals surface area contributed by atoms with Crippen molar-refractivity contribution in [1.29, 1.82) is 5.26 Å². The van der Waals surface area contributed by atoms with Gasteiger partial charge >= 0.3 is 11.9 Å². The number of nitriles is 1. The zero-order valence-corrected chi connectivity index (χ0v) is 20.1. The van der Waals surface area contributed by atoms with Crippen LogP contribution in [0.1, 0.15) is 27.4 Å². The number of methoxy groups -OCH3 is 2. The predicted molar refractivity (Wildman–Crippen MR) is 129 cm³/mol. The number of allylic oxidation sites excluding steroid dienone is 1. The van der Waals surface area contributed by atoms with E-state index in [1.165, 1.54) is 19.2 Å². The summed E-state index contributed by atoms with van der Waals surface area (Å²) in [5.74, 6) is -4.68. The van der Waals surface area contributed by atoms with Crippen LogP contribution < -0.4 is 10.6 Å². The highest BCUT2D eigenvalue weighted by atomic mass is 32.2. The number of carbonyl (C=O) groups is 4. The van der Waals surface area contributed by atoms with Crippen molar-refractivity contribution in [3.63, 3.8) is 0 Å². The normalized spacial score (nSPS) is 17.1. The molecule has 0 spiro atoms. The predicted octanol–water partition coefficient (Wildman–Crippen LogP) is 2.89. The first-order chi connectivity index (χ1) is 16.8. The standard InChI is InChI=1S/C25H23N3O6S/c1-14-6-4-5-7-18(14)27-19(29)13-35-23-17(12-26)20(21(22(30)28-23)25(32)34-3)15-8-10-16(11-9-15)24(31)33-2/h4-11,20-21H,13H2,1-3H3,(H,27,29)(H,28,30)/t20-,21-/m0/s1. The maximum Gasteiger partial charge on any atom is 0.337 e. The number of nitrogens with zero attached hydrogens (tertiary/aromatic N) is 1. The van der Waals surface area contributed by atoms with E-state index in [0.717, 1.165) is 24.4 Å². The van der Waals surface area contributed by atoms with Gasteiger partial charge in [-0.25, -0.2) is 4.79 Å². The summed E-state index contributed by atoms with van der Waals surface area (Å²) in [6, 6.07) is 15.4. The molecule has 0 radical (unpaired) electrons. The Morgan fingerprint density at radius 3 is 2.37 bits per heavy atom. The van der Waals surface area contributed by atoms with E-state index in [0.29, 0.717) is 11.3 Å². The van der Waals surface area contributed by atoms with Crippen LogP contribution in [0.2, 0.25) is 0 Å². The molecule has 0 saturated heterocycles. The van der Waals surface area contributed by atoms with Gasteiger partial charge in [0.2, 0.25) is 11.8 Å². The monoisotopic (exact) mass is 493 g/mol. The molecule has 9 nitrogen and oxygen atoms in total. The van der Waals surface area contributed by atoms with Gasteiger partial charge in [0, 0.05) is 11.6 Å². The SMILES string of the molecule is COC(=O)c1ccc([C@H]2C(C#N)=C(SCC(=O)Nc3ccccc3C)NC(=O)[C@H]2C(=O)OC)cc1. The van der Waals surface area contributed by atoms with Crippen LogP contribution >= 0.6 is 11.8 Å². The highest BCUT2D eigenvalue weighted by molar-refractivity contribution is 8.03. The second kappa shape index (κ2) is 11.4. The van der Waals surface area contributed by atoms with Crippen LogP contribution in [-0.4, -0.2) is 43.7 Å². The highest BCUT2D eigenvalue weighted by Gasteiger charge is 2.44. The van der Waals surface area contributed by atoms with Crippen LogP contribution in [0.15, 0.2) is 59.1 Å². The van der Waals surface area contributed by atoms with Crippen LogP contribution in [0, 0.1) is 24.2 Å². The fourth-order valence-electron chi connectivity index (χ4n) is 3.66. The van der Waals surface area contributed by atoms with Gasteiger partial charge in [-0.2, -0.15) is 5.26 Å². The number of hydrogen-bond donors (Lipinski definition) is 2. The summed E-state index contributed by atoms with van der Waals surface area (Å²) < 4.78 is 9.52. The lowest BCUT2D eigenvalue weighted by Crippen LogP contribution is -2.44. The molecule has 0 bridgehead atoms. The summed E-state index contributed by atoms with van der Waals surface area (Å²) in [5, 5.41) is 15.5. The number of thioether (sulfide) groups is 1. The van der Waals surface area contributed by atoms with Crippen LogP contribution in [0.4, 0.5) is 5.69 Å². The summed E-state index contributed by atoms with van der Waals surface area (Å²) >= 11 is 0.985. The molecule has 3 rings (SSSR count). The smallest absolute Gasteiger partial charge is 0.337 e. The molecule has 2 aromatic carbocycles. The van der Waals surface area contributed by atoms with Crippen LogP contribution in [0.5, 0.6) is 0 Å². The van der Waals surface area contributed by atoms with Gasteiger partial charge in [-0.15, -0.1) is 0 Å². The van der Waals surface area contributed by atoms with E-state index < -0.39 is 29.7 Å². The Morgan fingerprint density at radius 2 is 1.77 bits per heavy atom. The Morgan fingerprint density at radius 1 is 1.09 bits per heavy atom. The molecule has 1 heterocycles. The largest absolute Gasteiger partial charge is 0.468 e. The molecular weight excluding hydrogens is 470 g/mol. The zero-order valence-electron chi connectivity index (χ0n) is 19.3. The molecule has 1 aliphatic rings. The molecule has 2 atom stereocenters. The van der Waals surface area contributed by atoms with Crippen LogP contribution in [0.3, 0.4) is 0 Å². The number of ether oxygens (including phenoxy) is 2. The van der Waals surface area contributed by atoms with Crippen molar-refractivity contribution < 1.29 is 28.7 Å². The number of amides is 2. The molecule has 180 valence electrons. The Bertz CT molecular complexity index is 1230. The van der Waals surface area contributed by atoms with E-state index in [1.807, 2.05) is 19.1 Å². The average Bonchev–Trinajstić information content (AvgIpc) is 2.87. The van der Waals surface area contributed by atoms with Crippen molar-refractivity contribution in [1.82, 2.24) is 5.32 Å². The van der Waals surface area contributed by atoms with Gasteiger partial charge in [-0.05, 0) is 36.2 Å². The fourth-order valence-corrected chi connectivity index (χ4v) is 4.51. The van der Waals surface area contributed by atoms with Gasteiger partial charge in [0.25, 0.3) is 0 Å². The number of aryl methyl sites for hydroxylation is 1. The summed E-state index contributed by atoms with van der Waals surface area (Å²) in [6.07, 6.45) is 0. The van der Waals surface area contributed by atoms with Crippen molar-refractivity contribution in [2.75, 3.05) is 25.3 Å². The Balaban J connectivity index is 1.92. The van der Waals surface area contributed by atoms with E-state index in [-0.39, 0.29) is 27.8 Å². The molecule has 1 aliphatic heterocycles. The van der Waals surface area contributed by atoms with Gasteiger partial charge in [0.05, 0.1) is 42.2 Å². The lowest BCUT2D eigenvalue weighted by Gasteiger charge is -2.31. The van der Waals surface area contributed by atoms with Crippen molar-refractivity contribution in [2.45, 2.75) is 12.8 Å². The molecule has 0 aromatic heterocycles. The third-order valence-electron chi connectivity index (χ3n) is 5.44. The second-order valence-corrected chi connectivity index (χ2v) is 8.57. The van der Waals surface area contributed by atoms with Gasteiger partial charge in [-0.3, -0.25) is 14.4 Å². The summed E-state index contributed by atoms with van der Waals surface area (Å²) in [7, 11) is 2.41. The van der Waals surface area contributed by atoms with E-state index in [2.05, 4.69) is 16.7 Å². The van der Waals surface area contributed by atoms with Crippen molar-refractivity contribution in [3.8, 4) is 6.07 Å². The Kier molecular flexibility index (Phi) is 8.28. The molecule has 2 N–H and O–H groups in total. The van der Waals surface area contributed by atoms with E-state index in [9.17, 15) is 24.4 Å². The Labute approximate surface area is 206 Å². The number of esters is 2. The lowest BCUT2D eigenvalue weighted by atomic mass is 9.78. The summed E-state index contributed by atoms with van der Waals surface area (Å²) in [5.41, 5.74) is 2.40. The number of para-hydroxylation sites is 1. The first-order valence-corrected chi connectivity index (χ1v) is 11.5. The summed E-state index contributed by atoms with van der Waals surface area (Å²) in [4.78, 5) is 49.7. The molecule has 0 aliphatic carbocycles. The molecule has 0 fully saturated rings. The fraction of sp³-hybridized carbons (Fsp3) is 0.240. The van der Waals surface area contributed by atoms with E-state index in [1.54, 1.807) is 24.3 Å². The molecule has 10 heteroatoms. The number of benzene rings is 2. The van der Waals surface area contributed by atoms with Crippen LogP contribution in [0.25, 0.3) is 0 Å². The third kappa shape index (κ3) is 5.70. The number of anilines is 1. The number of nitrogens with one attached hydrogen (secondary N) is 2. The van der Waals surface area contributed by atoms with Crippen molar-refractivity contribution in [2.24, 2.45) is 5.92 Å². The first-order valence-electron chi connectivity index (χ1n) is 10.5. The molecular formula is C25H23N3O6S. The zero-order chi connectivity index (χ0) is 25.5. The highest BCUT2D eigenvalue weighted by Crippen LogP contribution is 2.40. The van der Waals surface area contributed by atoms with Crippen molar-refractivity contribution >= 4 is 41.2 Å². The van der Waals surface area contributed by atoms with Gasteiger partial charge in [0.1, 0.15) is 5.92 Å². The Hall–Kier alpha value is -4.10. The topological polar surface area (TPSA) is 135 Å². The molecule has 0 saturated carbocycles. The van der Waals surface area contributed by atoms with Gasteiger partial charge in [-0.1, -0.05) is 42.1 Å². The quantitative estimate of drug-likeness (QED) is 0.444. The molecule has 2 amide bonds. The number of hydrogen-bond acceptors (Lipinski definition) is 8. The van der Waals surface area contributed by atoms with Crippen LogP contribution in [-0.2, 0) is 23.9 Å². The lowest BCUT2D eigenvalue weighted by molar-refractivity contribution is -0.150. The molecule has 2 aromatic rings. The first kappa shape index (κ1) is 25.5. The van der Waals surface area contributed by atoms with E-state index in [4.69, 9.17) is 9.47 Å². The molecule has 0 unspecified atom stereocenters. The minimum atomic E-state index is -1.32. The summed E-state index contributed by atoms with van der Waals surface area (Å²) in [6.45, 7) is 1.86. The third-order valence-corrected chi connectivity index (χ3v) is 6.46. The number of carbonyl (C=O) groups excluding carboxylic acids is 4. The number of rotatable bonds is 7. The molecule has 35 heavy (non-hydrogen) atoms. The van der Waals surface area contributed by atoms with E-state index >= 15 is 0 Å². The van der Waals surface area contributed by atoms with Gasteiger partial charge < -0.3 is 20.1 Å². The van der Waals surface area contributed by atoms with Crippen molar-refractivity contribution in [3.05, 3.63) is 75.8 Å². The minimum absolute atomic E-state index is 0.0774. The van der Waals surface area contributed by atoms with Gasteiger partial charge in [0.15, 0.2) is 0 Å². The minimum Gasteiger partial charge on any atom is -0.468 e. The second-order valence-electron chi connectivity index (χ2n) is 7.59. The average molecular weight is 494 g/mol.